The molecule has 0 aliphatic rings. The first-order valence-electron chi connectivity index (χ1n) is 8.42. The smallest absolute Gasteiger partial charge is 0.262 e. The van der Waals surface area contributed by atoms with Gasteiger partial charge in [-0.05, 0) is 62.4 Å². The molecule has 0 aliphatic carbocycles. The first kappa shape index (κ1) is 17.5. The third-order valence-electron chi connectivity index (χ3n) is 3.79. The maximum atomic E-state index is 11.9. The van der Waals surface area contributed by atoms with Crippen molar-refractivity contribution in [3.05, 3.63) is 83.9 Å². The third-order valence-corrected chi connectivity index (χ3v) is 3.79. The van der Waals surface area contributed by atoms with E-state index in [0.29, 0.717) is 11.5 Å². The van der Waals surface area contributed by atoms with E-state index in [1.165, 1.54) is 5.56 Å². The van der Waals surface area contributed by atoms with Gasteiger partial charge in [-0.3, -0.25) is 4.79 Å². The van der Waals surface area contributed by atoms with Gasteiger partial charge < -0.3 is 14.8 Å². The van der Waals surface area contributed by atoms with E-state index in [2.05, 4.69) is 5.32 Å². The van der Waals surface area contributed by atoms with E-state index in [1.54, 1.807) is 12.1 Å². The molecule has 0 heterocycles. The number of amides is 1. The Balaban J connectivity index is 1.50. The fourth-order valence-electron chi connectivity index (χ4n) is 2.33. The molecule has 3 aromatic rings. The summed E-state index contributed by atoms with van der Waals surface area (Å²) in [4.78, 5) is 11.9. The lowest BCUT2D eigenvalue weighted by Crippen LogP contribution is -2.20. The molecule has 0 saturated carbocycles. The lowest BCUT2D eigenvalue weighted by atomic mass is 10.2. The maximum absolute atomic E-state index is 11.9. The molecule has 0 aromatic heterocycles. The second-order valence-electron chi connectivity index (χ2n) is 6.09. The predicted octanol–water partition coefficient (Wildman–Crippen LogP) is 5.11. The lowest BCUT2D eigenvalue weighted by Gasteiger charge is -2.09. The van der Waals surface area contributed by atoms with E-state index in [-0.39, 0.29) is 12.5 Å². The van der Waals surface area contributed by atoms with Crippen LogP contribution in [-0.4, -0.2) is 12.5 Å². The van der Waals surface area contributed by atoms with Crippen molar-refractivity contribution in [3.8, 4) is 17.2 Å². The van der Waals surface area contributed by atoms with E-state index >= 15 is 0 Å². The Bertz CT molecular complexity index is 853. The van der Waals surface area contributed by atoms with E-state index in [4.69, 9.17) is 9.47 Å². The van der Waals surface area contributed by atoms with Crippen LogP contribution in [-0.2, 0) is 4.79 Å². The molecule has 0 spiro atoms. The summed E-state index contributed by atoms with van der Waals surface area (Å²) in [6, 6.07) is 22.7. The molecule has 0 saturated heterocycles. The summed E-state index contributed by atoms with van der Waals surface area (Å²) in [7, 11) is 0. The molecule has 0 fully saturated rings. The molecule has 4 heteroatoms. The molecule has 0 radical (unpaired) electrons. The van der Waals surface area contributed by atoms with Gasteiger partial charge in [-0.25, -0.2) is 0 Å². The number of hydrogen-bond donors (Lipinski definition) is 1. The zero-order chi connectivity index (χ0) is 18.4. The normalized spacial score (nSPS) is 10.2. The Morgan fingerprint density at radius 2 is 1.19 bits per heavy atom. The van der Waals surface area contributed by atoms with Gasteiger partial charge in [0.25, 0.3) is 5.91 Å². The minimum Gasteiger partial charge on any atom is -0.484 e. The van der Waals surface area contributed by atoms with Crippen LogP contribution in [0.3, 0.4) is 0 Å². The molecule has 1 N–H and O–H groups in total. The number of hydrogen-bond acceptors (Lipinski definition) is 3. The molecule has 26 heavy (non-hydrogen) atoms. The van der Waals surface area contributed by atoms with Gasteiger partial charge >= 0.3 is 0 Å². The molecule has 0 unspecified atom stereocenters. The van der Waals surface area contributed by atoms with E-state index in [0.717, 1.165) is 17.0 Å². The highest BCUT2D eigenvalue weighted by Crippen LogP contribution is 2.24. The Morgan fingerprint density at radius 1 is 0.731 bits per heavy atom. The molecule has 0 bridgehead atoms. The minimum absolute atomic E-state index is 0.0496. The summed E-state index contributed by atoms with van der Waals surface area (Å²) in [5, 5.41) is 2.80. The Morgan fingerprint density at radius 3 is 1.77 bits per heavy atom. The number of rotatable bonds is 6. The van der Waals surface area contributed by atoms with Crippen LogP contribution in [0.1, 0.15) is 11.1 Å². The fraction of sp³-hybridized carbons (Fsp3) is 0.136. The molecule has 1 amide bonds. The molecular weight excluding hydrogens is 326 g/mol. The van der Waals surface area contributed by atoms with Crippen LogP contribution in [0, 0.1) is 13.8 Å². The van der Waals surface area contributed by atoms with Crippen molar-refractivity contribution in [2.75, 3.05) is 11.9 Å². The summed E-state index contributed by atoms with van der Waals surface area (Å²) in [5.41, 5.74) is 3.09. The first-order chi connectivity index (χ1) is 12.6. The van der Waals surface area contributed by atoms with E-state index in [9.17, 15) is 4.79 Å². The van der Waals surface area contributed by atoms with Crippen molar-refractivity contribution in [2.45, 2.75) is 13.8 Å². The molecular formula is C22H21NO3. The average Bonchev–Trinajstić information content (AvgIpc) is 2.65. The van der Waals surface area contributed by atoms with Gasteiger partial charge in [0.2, 0.25) is 0 Å². The number of carbonyl (C=O) groups is 1. The fourth-order valence-corrected chi connectivity index (χ4v) is 2.33. The molecule has 0 atom stereocenters. The van der Waals surface area contributed by atoms with Crippen LogP contribution in [0.4, 0.5) is 5.69 Å². The molecule has 3 aromatic carbocycles. The molecule has 3 rings (SSSR count). The Labute approximate surface area is 153 Å². The first-order valence-corrected chi connectivity index (χ1v) is 8.42. The Kier molecular flexibility index (Phi) is 5.54. The van der Waals surface area contributed by atoms with Crippen molar-refractivity contribution in [1.82, 2.24) is 0 Å². The number of nitrogens with one attached hydrogen (secondary N) is 1. The standard InChI is InChI=1S/C22H21NO3/c1-16-3-7-18(8-4-16)23-22(24)15-25-19-11-13-21(14-12-19)26-20-9-5-17(2)6-10-20/h3-14H,15H2,1-2H3,(H,23,24). The number of carbonyl (C=O) groups excluding carboxylic acids is 1. The van der Waals surface area contributed by atoms with Crippen molar-refractivity contribution in [1.29, 1.82) is 0 Å². The number of aryl methyl sites for hydroxylation is 2. The highest BCUT2D eigenvalue weighted by atomic mass is 16.5. The average molecular weight is 347 g/mol. The zero-order valence-electron chi connectivity index (χ0n) is 14.9. The minimum atomic E-state index is -0.200. The largest absolute Gasteiger partial charge is 0.484 e. The van der Waals surface area contributed by atoms with Gasteiger partial charge in [0.1, 0.15) is 17.2 Å². The summed E-state index contributed by atoms with van der Waals surface area (Å²) >= 11 is 0. The van der Waals surface area contributed by atoms with Crippen LogP contribution in [0.25, 0.3) is 0 Å². The molecule has 4 nitrogen and oxygen atoms in total. The number of ether oxygens (including phenoxy) is 2. The molecule has 0 aliphatic heterocycles. The summed E-state index contributed by atoms with van der Waals surface area (Å²) in [6.07, 6.45) is 0. The van der Waals surface area contributed by atoms with Gasteiger partial charge in [0.05, 0.1) is 0 Å². The number of benzene rings is 3. The SMILES string of the molecule is Cc1ccc(NC(=O)COc2ccc(Oc3ccc(C)cc3)cc2)cc1. The van der Waals surface area contributed by atoms with Crippen molar-refractivity contribution in [3.63, 3.8) is 0 Å². The predicted molar refractivity (Wildman–Crippen MR) is 103 cm³/mol. The Hall–Kier alpha value is -3.27. The van der Waals surface area contributed by atoms with Crippen LogP contribution in [0.15, 0.2) is 72.8 Å². The quantitative estimate of drug-likeness (QED) is 0.674. The monoisotopic (exact) mass is 347 g/mol. The van der Waals surface area contributed by atoms with Crippen LogP contribution >= 0.6 is 0 Å². The van der Waals surface area contributed by atoms with Gasteiger partial charge in [0.15, 0.2) is 6.61 Å². The summed E-state index contributed by atoms with van der Waals surface area (Å²) < 4.78 is 11.3. The lowest BCUT2D eigenvalue weighted by molar-refractivity contribution is -0.118. The van der Waals surface area contributed by atoms with Gasteiger partial charge in [-0.15, -0.1) is 0 Å². The van der Waals surface area contributed by atoms with E-state index < -0.39 is 0 Å². The van der Waals surface area contributed by atoms with Crippen molar-refractivity contribution < 1.29 is 14.3 Å². The number of anilines is 1. The third kappa shape index (κ3) is 5.11. The van der Waals surface area contributed by atoms with Gasteiger partial charge in [-0.1, -0.05) is 35.4 Å². The second kappa shape index (κ2) is 8.21. The van der Waals surface area contributed by atoms with E-state index in [1.807, 2.05) is 74.5 Å². The zero-order valence-corrected chi connectivity index (χ0v) is 14.9. The van der Waals surface area contributed by atoms with Crippen LogP contribution in [0.2, 0.25) is 0 Å². The van der Waals surface area contributed by atoms with Crippen molar-refractivity contribution >= 4 is 11.6 Å². The van der Waals surface area contributed by atoms with Crippen LogP contribution in [0.5, 0.6) is 17.2 Å². The van der Waals surface area contributed by atoms with Gasteiger partial charge in [-0.2, -0.15) is 0 Å². The highest BCUT2D eigenvalue weighted by molar-refractivity contribution is 5.91. The van der Waals surface area contributed by atoms with Crippen LogP contribution < -0.4 is 14.8 Å². The summed E-state index contributed by atoms with van der Waals surface area (Å²) in [5.74, 6) is 1.90. The highest BCUT2D eigenvalue weighted by Gasteiger charge is 2.04. The summed E-state index contributed by atoms with van der Waals surface area (Å²) in [6.45, 7) is 3.98. The van der Waals surface area contributed by atoms with Crippen molar-refractivity contribution in [2.24, 2.45) is 0 Å². The second-order valence-corrected chi connectivity index (χ2v) is 6.09. The maximum Gasteiger partial charge on any atom is 0.262 e. The van der Waals surface area contributed by atoms with Gasteiger partial charge in [0, 0.05) is 5.69 Å². The molecule has 132 valence electrons. The topological polar surface area (TPSA) is 47.6 Å².